The van der Waals surface area contributed by atoms with Crippen LogP contribution in [-0.2, 0) is 4.74 Å². The molecule has 1 unspecified atom stereocenters. The van der Waals surface area contributed by atoms with Gasteiger partial charge in [0.15, 0.2) is 0 Å². The Balaban J connectivity index is 1.80. The molecule has 0 spiro atoms. The molecule has 1 aliphatic carbocycles. The molecule has 17 heavy (non-hydrogen) atoms. The Bertz CT molecular complexity index is 220. The Hall–Kier alpha value is -0.120. The first-order valence-electron chi connectivity index (χ1n) is 7.15. The molecule has 3 heteroatoms. The van der Waals surface area contributed by atoms with E-state index in [4.69, 9.17) is 4.74 Å². The fourth-order valence-corrected chi connectivity index (χ4v) is 3.44. The summed E-state index contributed by atoms with van der Waals surface area (Å²) in [7, 11) is 2.17. The van der Waals surface area contributed by atoms with Crippen molar-refractivity contribution < 1.29 is 9.84 Å². The lowest BCUT2D eigenvalue weighted by Gasteiger charge is -2.39. The molecule has 1 N–H and O–H groups in total. The van der Waals surface area contributed by atoms with Gasteiger partial charge in [-0.25, -0.2) is 0 Å². The van der Waals surface area contributed by atoms with Gasteiger partial charge in [0.1, 0.15) is 0 Å². The number of hydrogen-bond acceptors (Lipinski definition) is 3. The predicted octanol–water partition coefficient (Wildman–Crippen LogP) is 2.04. The third-order valence-electron chi connectivity index (χ3n) is 4.39. The molecule has 0 amide bonds. The molecule has 100 valence electrons. The van der Waals surface area contributed by atoms with Crippen molar-refractivity contribution in [1.82, 2.24) is 4.90 Å². The summed E-state index contributed by atoms with van der Waals surface area (Å²) in [6, 6.07) is 0. The highest BCUT2D eigenvalue weighted by molar-refractivity contribution is 4.85. The van der Waals surface area contributed by atoms with E-state index in [0.29, 0.717) is 12.7 Å². The van der Waals surface area contributed by atoms with Crippen molar-refractivity contribution in [3.63, 3.8) is 0 Å². The van der Waals surface area contributed by atoms with E-state index in [1.54, 1.807) is 0 Å². The minimum atomic E-state index is 0.172. The Labute approximate surface area is 105 Å². The largest absolute Gasteiger partial charge is 0.396 e. The minimum absolute atomic E-state index is 0.172. The second-order valence-electron chi connectivity index (χ2n) is 6.05. The molecule has 2 fully saturated rings. The molecule has 3 nitrogen and oxygen atoms in total. The van der Waals surface area contributed by atoms with Crippen LogP contribution in [0.1, 0.15) is 44.9 Å². The standard InChI is InChI=1S/C14H27NO2/c1-15(10-13-6-5-9-17-13)11-14(12-16)7-3-2-4-8-14/h13,16H,2-12H2,1H3. The smallest absolute Gasteiger partial charge is 0.0702 e. The van der Waals surface area contributed by atoms with Crippen molar-refractivity contribution in [1.29, 1.82) is 0 Å². The van der Waals surface area contributed by atoms with Crippen LogP contribution in [0.2, 0.25) is 0 Å². The first-order valence-corrected chi connectivity index (χ1v) is 7.15. The van der Waals surface area contributed by atoms with Crippen LogP contribution < -0.4 is 0 Å². The van der Waals surface area contributed by atoms with Gasteiger partial charge in [-0.05, 0) is 32.7 Å². The van der Waals surface area contributed by atoms with Crippen molar-refractivity contribution in [2.45, 2.75) is 51.0 Å². The molecule has 0 aromatic rings. The lowest BCUT2D eigenvalue weighted by atomic mass is 9.74. The van der Waals surface area contributed by atoms with Gasteiger partial charge in [-0.2, -0.15) is 0 Å². The third kappa shape index (κ3) is 3.67. The Morgan fingerprint density at radius 3 is 2.59 bits per heavy atom. The van der Waals surface area contributed by atoms with Crippen LogP contribution in [0.25, 0.3) is 0 Å². The van der Waals surface area contributed by atoms with Gasteiger partial charge < -0.3 is 14.7 Å². The topological polar surface area (TPSA) is 32.7 Å². The van der Waals surface area contributed by atoms with Gasteiger partial charge in [-0.3, -0.25) is 0 Å². The summed E-state index contributed by atoms with van der Waals surface area (Å²) in [6.45, 7) is 3.34. The maximum atomic E-state index is 9.69. The van der Waals surface area contributed by atoms with Crippen LogP contribution in [0, 0.1) is 5.41 Å². The van der Waals surface area contributed by atoms with Crippen LogP contribution in [0.3, 0.4) is 0 Å². The van der Waals surface area contributed by atoms with E-state index < -0.39 is 0 Å². The fraction of sp³-hybridized carbons (Fsp3) is 1.00. The van der Waals surface area contributed by atoms with Gasteiger partial charge in [0, 0.05) is 31.7 Å². The molecule has 0 bridgehead atoms. The van der Waals surface area contributed by atoms with Crippen LogP contribution >= 0.6 is 0 Å². The maximum Gasteiger partial charge on any atom is 0.0702 e. The lowest BCUT2D eigenvalue weighted by molar-refractivity contribution is 0.0247. The summed E-state index contributed by atoms with van der Waals surface area (Å²) >= 11 is 0. The SMILES string of the molecule is CN(CC1CCCO1)CC1(CO)CCCCC1. The Morgan fingerprint density at radius 2 is 2.00 bits per heavy atom. The highest BCUT2D eigenvalue weighted by Gasteiger charge is 2.33. The summed E-state index contributed by atoms with van der Waals surface area (Å²) in [6.07, 6.45) is 9.15. The van der Waals surface area contributed by atoms with Crippen LogP contribution in [0.15, 0.2) is 0 Å². The number of nitrogens with zero attached hydrogens (tertiary/aromatic N) is 1. The van der Waals surface area contributed by atoms with E-state index in [-0.39, 0.29) is 5.41 Å². The molecule has 0 aromatic heterocycles. The van der Waals surface area contributed by atoms with E-state index >= 15 is 0 Å². The Kier molecular flexibility index (Phi) is 4.83. The normalized spacial score (nSPS) is 28.8. The average molecular weight is 241 g/mol. The fourth-order valence-electron chi connectivity index (χ4n) is 3.44. The van der Waals surface area contributed by atoms with Crippen molar-refractivity contribution >= 4 is 0 Å². The van der Waals surface area contributed by atoms with Gasteiger partial charge in [0.25, 0.3) is 0 Å². The minimum Gasteiger partial charge on any atom is -0.396 e. The van der Waals surface area contributed by atoms with Gasteiger partial charge in [-0.15, -0.1) is 0 Å². The number of aliphatic hydroxyl groups excluding tert-OH is 1. The monoisotopic (exact) mass is 241 g/mol. The van der Waals surface area contributed by atoms with Crippen LogP contribution in [-0.4, -0.2) is 49.5 Å². The van der Waals surface area contributed by atoms with Crippen LogP contribution in [0.4, 0.5) is 0 Å². The number of hydrogen-bond donors (Lipinski definition) is 1. The van der Waals surface area contributed by atoms with Gasteiger partial charge in [0.05, 0.1) is 6.10 Å². The molecule has 1 saturated heterocycles. The highest BCUT2D eigenvalue weighted by atomic mass is 16.5. The van der Waals surface area contributed by atoms with Crippen molar-refractivity contribution in [2.24, 2.45) is 5.41 Å². The summed E-state index contributed by atoms with van der Waals surface area (Å²) < 4.78 is 5.68. The van der Waals surface area contributed by atoms with E-state index in [2.05, 4.69) is 11.9 Å². The third-order valence-corrected chi connectivity index (χ3v) is 4.39. The van der Waals surface area contributed by atoms with Crippen LogP contribution in [0.5, 0.6) is 0 Å². The molecule has 1 heterocycles. The molecule has 1 atom stereocenters. The second-order valence-corrected chi connectivity index (χ2v) is 6.05. The lowest BCUT2D eigenvalue weighted by Crippen LogP contribution is -2.42. The summed E-state index contributed by atoms with van der Waals surface area (Å²) in [4.78, 5) is 2.37. The van der Waals surface area contributed by atoms with Gasteiger partial charge >= 0.3 is 0 Å². The van der Waals surface area contributed by atoms with Crippen molar-refractivity contribution in [3.05, 3.63) is 0 Å². The second kappa shape index (κ2) is 6.17. The molecular formula is C14H27NO2. The molecule has 0 aromatic carbocycles. The zero-order valence-electron chi connectivity index (χ0n) is 11.2. The molecule has 1 aliphatic heterocycles. The van der Waals surface area contributed by atoms with Gasteiger partial charge in [-0.1, -0.05) is 19.3 Å². The molecule has 2 aliphatic rings. The molecule has 2 rings (SSSR count). The van der Waals surface area contributed by atoms with E-state index in [9.17, 15) is 5.11 Å². The maximum absolute atomic E-state index is 9.69. The zero-order chi connectivity index (χ0) is 12.1. The van der Waals surface area contributed by atoms with E-state index in [0.717, 1.165) is 19.7 Å². The predicted molar refractivity (Wildman–Crippen MR) is 69.1 cm³/mol. The van der Waals surface area contributed by atoms with E-state index in [1.807, 2.05) is 0 Å². The summed E-state index contributed by atoms with van der Waals surface area (Å²) in [5, 5.41) is 9.69. The first-order chi connectivity index (χ1) is 8.24. The molecule has 0 radical (unpaired) electrons. The number of likely N-dealkylation sites (N-methyl/N-ethyl adjacent to an activating group) is 1. The Morgan fingerprint density at radius 1 is 1.24 bits per heavy atom. The first kappa shape index (κ1) is 13.3. The summed E-state index contributed by atoms with van der Waals surface area (Å²) in [5.41, 5.74) is 0.172. The zero-order valence-corrected chi connectivity index (χ0v) is 11.2. The number of ether oxygens (including phenoxy) is 1. The van der Waals surface area contributed by atoms with Crippen molar-refractivity contribution in [2.75, 3.05) is 33.4 Å². The van der Waals surface area contributed by atoms with E-state index in [1.165, 1.54) is 44.9 Å². The summed E-state index contributed by atoms with van der Waals surface area (Å²) in [5.74, 6) is 0. The highest BCUT2D eigenvalue weighted by Crippen LogP contribution is 2.36. The molecular weight excluding hydrogens is 214 g/mol. The van der Waals surface area contributed by atoms with Gasteiger partial charge in [0.2, 0.25) is 0 Å². The number of rotatable bonds is 5. The van der Waals surface area contributed by atoms with Crippen molar-refractivity contribution in [3.8, 4) is 0 Å². The molecule has 1 saturated carbocycles. The number of aliphatic hydroxyl groups is 1. The average Bonchev–Trinajstić information content (AvgIpc) is 2.83. The quantitative estimate of drug-likeness (QED) is 0.799.